The molecule has 0 atom stereocenters. The molecule has 12 rings (SSSR count). The first-order valence-corrected chi connectivity index (χ1v) is 20.4. The summed E-state index contributed by atoms with van der Waals surface area (Å²) in [6.07, 6.45) is 0. The molecule has 0 N–H and O–H groups in total. The van der Waals surface area contributed by atoms with Crippen molar-refractivity contribution < 1.29 is 0 Å². The topological polar surface area (TPSA) is 9.86 Å². The van der Waals surface area contributed by atoms with Crippen LogP contribution in [0, 0.1) is 0 Å². The summed E-state index contributed by atoms with van der Waals surface area (Å²) in [5, 5.41) is 12.6. The molecule has 0 aliphatic rings. The van der Waals surface area contributed by atoms with Crippen molar-refractivity contribution in [3.8, 4) is 50.5 Å². The zero-order chi connectivity index (χ0) is 39.0. The van der Waals surface area contributed by atoms with E-state index in [1.165, 1.54) is 110 Å². The predicted molar refractivity (Wildman–Crippen MR) is 252 cm³/mol. The quantitative estimate of drug-likeness (QED) is 0.155. The minimum absolute atomic E-state index is 1.16. The molecule has 0 saturated carbocycles. The second-order valence-electron chi connectivity index (χ2n) is 15.7. The zero-order valence-electron chi connectivity index (χ0n) is 32.6. The van der Waals surface area contributed by atoms with Gasteiger partial charge in [-0.1, -0.05) is 182 Å². The first kappa shape index (κ1) is 33.5. The maximum absolute atomic E-state index is 2.46. The van der Waals surface area contributed by atoms with Crippen molar-refractivity contribution in [3.05, 3.63) is 212 Å². The van der Waals surface area contributed by atoms with Crippen molar-refractivity contribution in [3.63, 3.8) is 0 Å². The Morgan fingerprint density at radius 3 is 1.37 bits per heavy atom. The molecular formula is C57H38N2. The van der Waals surface area contributed by atoms with Gasteiger partial charge in [-0.05, 0) is 90.1 Å². The highest BCUT2D eigenvalue weighted by Crippen LogP contribution is 2.50. The SMILES string of the molecule is Cn1c(-c2ccc3c4ccccc4c4ccccc4c3c2)c(-c2ccccc2)c(-c2ccccc2)c1-c1ccc2c3ccccc3n(-c3ccc4ccccc4c3)c2c1. The lowest BCUT2D eigenvalue weighted by Gasteiger charge is -2.14. The molecule has 0 radical (unpaired) electrons. The molecule has 276 valence electrons. The first-order chi connectivity index (χ1) is 29.2. The van der Waals surface area contributed by atoms with Crippen LogP contribution in [0.3, 0.4) is 0 Å². The van der Waals surface area contributed by atoms with E-state index >= 15 is 0 Å². The van der Waals surface area contributed by atoms with Gasteiger partial charge >= 0.3 is 0 Å². The zero-order valence-corrected chi connectivity index (χ0v) is 32.6. The summed E-state index contributed by atoms with van der Waals surface area (Å²) < 4.78 is 4.91. The predicted octanol–water partition coefficient (Wildman–Crippen LogP) is 15.4. The Hall–Kier alpha value is -7.68. The summed E-state index contributed by atoms with van der Waals surface area (Å²) in [5.41, 5.74) is 13.1. The molecule has 2 heterocycles. The first-order valence-electron chi connectivity index (χ1n) is 20.4. The van der Waals surface area contributed by atoms with Gasteiger partial charge in [0.1, 0.15) is 0 Å². The molecule has 0 fully saturated rings. The van der Waals surface area contributed by atoms with Gasteiger partial charge in [-0.2, -0.15) is 0 Å². The summed E-state index contributed by atoms with van der Waals surface area (Å²) in [6.45, 7) is 0. The van der Waals surface area contributed by atoms with Crippen LogP contribution < -0.4 is 0 Å². The molecular weight excluding hydrogens is 713 g/mol. The smallest absolute Gasteiger partial charge is 0.0569 e. The van der Waals surface area contributed by atoms with Gasteiger partial charge in [-0.25, -0.2) is 0 Å². The Kier molecular flexibility index (Phi) is 7.48. The monoisotopic (exact) mass is 750 g/mol. The minimum atomic E-state index is 1.16. The molecule has 12 aromatic rings. The van der Waals surface area contributed by atoms with Crippen LogP contribution in [0.4, 0.5) is 0 Å². The van der Waals surface area contributed by atoms with Crippen LogP contribution in [0.15, 0.2) is 212 Å². The molecule has 0 bridgehead atoms. The normalized spacial score (nSPS) is 11.8. The van der Waals surface area contributed by atoms with E-state index in [0.717, 1.165) is 5.69 Å². The molecule has 2 aromatic heterocycles. The van der Waals surface area contributed by atoms with Crippen LogP contribution in [0.5, 0.6) is 0 Å². The molecule has 2 heteroatoms. The van der Waals surface area contributed by atoms with E-state index in [1.54, 1.807) is 0 Å². The van der Waals surface area contributed by atoms with E-state index in [9.17, 15) is 0 Å². The Balaban J connectivity index is 1.18. The van der Waals surface area contributed by atoms with Gasteiger partial charge in [0.25, 0.3) is 0 Å². The van der Waals surface area contributed by atoms with Gasteiger partial charge in [0.15, 0.2) is 0 Å². The largest absolute Gasteiger partial charge is 0.343 e. The molecule has 0 unspecified atom stereocenters. The molecule has 0 aliphatic carbocycles. The van der Waals surface area contributed by atoms with Crippen molar-refractivity contribution in [1.82, 2.24) is 9.13 Å². The second kappa shape index (κ2) is 13.2. The fourth-order valence-electron chi connectivity index (χ4n) is 9.90. The van der Waals surface area contributed by atoms with Crippen LogP contribution >= 0.6 is 0 Å². The summed E-state index contributed by atoms with van der Waals surface area (Å²) >= 11 is 0. The number of nitrogens with zero attached hydrogens (tertiary/aromatic N) is 2. The molecule has 0 spiro atoms. The molecule has 0 saturated heterocycles. The summed E-state index contributed by atoms with van der Waals surface area (Å²) in [5.74, 6) is 0. The highest BCUT2D eigenvalue weighted by Gasteiger charge is 2.27. The highest BCUT2D eigenvalue weighted by atomic mass is 15.0. The average Bonchev–Trinajstić information content (AvgIpc) is 3.80. The van der Waals surface area contributed by atoms with Gasteiger partial charge in [0.2, 0.25) is 0 Å². The van der Waals surface area contributed by atoms with Crippen molar-refractivity contribution >= 4 is 64.9 Å². The summed E-state index contributed by atoms with van der Waals surface area (Å²) in [4.78, 5) is 0. The Morgan fingerprint density at radius 2 is 0.746 bits per heavy atom. The van der Waals surface area contributed by atoms with Crippen molar-refractivity contribution in [2.45, 2.75) is 0 Å². The fourth-order valence-corrected chi connectivity index (χ4v) is 9.90. The maximum Gasteiger partial charge on any atom is 0.0569 e. The highest BCUT2D eigenvalue weighted by molar-refractivity contribution is 6.26. The van der Waals surface area contributed by atoms with Gasteiger partial charge in [0.05, 0.1) is 22.4 Å². The van der Waals surface area contributed by atoms with Crippen molar-refractivity contribution in [2.24, 2.45) is 7.05 Å². The summed E-state index contributed by atoms with van der Waals surface area (Å²) in [7, 11) is 2.26. The van der Waals surface area contributed by atoms with Crippen molar-refractivity contribution in [1.29, 1.82) is 0 Å². The van der Waals surface area contributed by atoms with Crippen LogP contribution in [0.2, 0.25) is 0 Å². The van der Waals surface area contributed by atoms with E-state index in [4.69, 9.17) is 0 Å². The maximum atomic E-state index is 2.46. The van der Waals surface area contributed by atoms with Crippen LogP contribution in [0.25, 0.3) is 115 Å². The van der Waals surface area contributed by atoms with E-state index in [2.05, 4.69) is 229 Å². The van der Waals surface area contributed by atoms with Crippen LogP contribution in [-0.2, 0) is 7.05 Å². The molecule has 0 amide bonds. The minimum Gasteiger partial charge on any atom is -0.343 e. The van der Waals surface area contributed by atoms with Crippen LogP contribution in [-0.4, -0.2) is 9.13 Å². The lowest BCUT2D eigenvalue weighted by molar-refractivity contribution is 0.947. The number of benzene rings is 10. The van der Waals surface area contributed by atoms with E-state index in [-0.39, 0.29) is 0 Å². The van der Waals surface area contributed by atoms with E-state index in [1.807, 2.05) is 0 Å². The average molecular weight is 751 g/mol. The lowest BCUT2D eigenvalue weighted by Crippen LogP contribution is -1.97. The van der Waals surface area contributed by atoms with Crippen LogP contribution in [0.1, 0.15) is 0 Å². The number of hydrogen-bond donors (Lipinski definition) is 0. The molecule has 0 aliphatic heterocycles. The summed E-state index contributed by atoms with van der Waals surface area (Å²) in [6, 6.07) is 78.1. The van der Waals surface area contributed by atoms with Crippen molar-refractivity contribution in [2.75, 3.05) is 0 Å². The second-order valence-corrected chi connectivity index (χ2v) is 15.7. The van der Waals surface area contributed by atoms with Gasteiger partial charge in [-0.15, -0.1) is 0 Å². The number of hydrogen-bond acceptors (Lipinski definition) is 0. The number of aromatic nitrogens is 2. The van der Waals surface area contributed by atoms with Gasteiger partial charge in [0, 0.05) is 40.2 Å². The fraction of sp³-hybridized carbons (Fsp3) is 0.0175. The van der Waals surface area contributed by atoms with E-state index in [0.29, 0.717) is 0 Å². The molecule has 2 nitrogen and oxygen atoms in total. The van der Waals surface area contributed by atoms with Gasteiger partial charge in [-0.3, -0.25) is 0 Å². The molecule has 59 heavy (non-hydrogen) atoms. The third-order valence-electron chi connectivity index (χ3n) is 12.5. The standard InChI is InChI=1S/C57H38N2/c1-58-56(41-29-32-48-46-24-11-10-22-44(46)45-23-12-13-25-47(45)51(48)35-41)54(38-17-4-2-5-18-38)55(39-19-6-3-7-20-39)57(58)42-30-33-50-49-26-14-15-27-52(49)59(53(50)36-42)43-31-28-37-16-8-9-21-40(37)34-43/h2-36H,1H3. The third-order valence-corrected chi connectivity index (χ3v) is 12.5. The Labute approximate surface area is 342 Å². The van der Waals surface area contributed by atoms with E-state index < -0.39 is 0 Å². The Bertz CT molecular complexity index is 3570. The van der Waals surface area contributed by atoms with Gasteiger partial charge < -0.3 is 9.13 Å². The number of para-hydroxylation sites is 1. The lowest BCUT2D eigenvalue weighted by atomic mass is 9.89. The third kappa shape index (κ3) is 5.13. The number of rotatable bonds is 5. The molecule has 10 aromatic carbocycles. The number of fused-ring (bicyclic) bond motifs is 10. The Morgan fingerprint density at radius 1 is 0.288 bits per heavy atom.